The summed E-state index contributed by atoms with van der Waals surface area (Å²) in [6.45, 7) is 5.65. The minimum atomic E-state index is -0.580. The van der Waals surface area contributed by atoms with Gasteiger partial charge in [0.1, 0.15) is 4.83 Å². The van der Waals surface area contributed by atoms with Crippen molar-refractivity contribution >= 4 is 27.5 Å². The molecule has 2 aromatic heterocycles. The number of nitrogens with one attached hydrogen (secondary N) is 1. The number of fused-ring (bicyclic) bond motifs is 1. The third kappa shape index (κ3) is 3.27. The summed E-state index contributed by atoms with van der Waals surface area (Å²) in [6, 6.07) is 0. The number of carbonyl (C=O) groups is 1. The normalized spacial score (nSPS) is 18.2. The van der Waals surface area contributed by atoms with Crippen molar-refractivity contribution < 1.29 is 9.53 Å². The Bertz CT molecular complexity index is 918. The number of H-pyrrole nitrogens is 1. The predicted molar refractivity (Wildman–Crippen MR) is 97.8 cm³/mol. The molecule has 0 spiro atoms. The molecule has 2 aliphatic rings. The molecule has 2 heterocycles. The minimum Gasteiger partial charge on any atom is -0.451 e. The standard InChI is InChI=1S/C19H22N2O3S/c1-9-11(3)25-19-16(9)18(23)20-17(21-19)10(2)24-15(22)8-14(12-4-5-12)13-6-7-13/h8,10,12-13H,4-7H2,1-3H3,(H,20,21,23)/t10-/m0/s1. The van der Waals surface area contributed by atoms with Crippen LogP contribution in [0.5, 0.6) is 0 Å². The Morgan fingerprint density at radius 1 is 1.28 bits per heavy atom. The highest BCUT2D eigenvalue weighted by molar-refractivity contribution is 7.18. The Hall–Kier alpha value is -1.95. The summed E-state index contributed by atoms with van der Waals surface area (Å²) >= 11 is 1.49. The van der Waals surface area contributed by atoms with Crippen LogP contribution in [0.1, 0.15) is 55.0 Å². The molecule has 2 aliphatic carbocycles. The monoisotopic (exact) mass is 358 g/mol. The molecule has 2 saturated carbocycles. The summed E-state index contributed by atoms with van der Waals surface area (Å²) in [7, 11) is 0. The molecule has 6 heteroatoms. The fourth-order valence-corrected chi connectivity index (χ4v) is 4.30. The summed E-state index contributed by atoms with van der Waals surface area (Å²) in [5, 5.41) is 0.634. The van der Waals surface area contributed by atoms with Crippen molar-refractivity contribution in [1.82, 2.24) is 9.97 Å². The Labute approximate surface area is 150 Å². The van der Waals surface area contributed by atoms with E-state index in [1.54, 1.807) is 13.0 Å². The number of allylic oxidation sites excluding steroid dienone is 1. The number of aromatic nitrogens is 2. The lowest BCUT2D eigenvalue weighted by molar-refractivity contribution is -0.142. The van der Waals surface area contributed by atoms with Crippen molar-refractivity contribution in [3.63, 3.8) is 0 Å². The van der Waals surface area contributed by atoms with Crippen LogP contribution in [0, 0.1) is 25.7 Å². The van der Waals surface area contributed by atoms with Crippen molar-refractivity contribution in [2.24, 2.45) is 11.8 Å². The van der Waals surface area contributed by atoms with E-state index in [4.69, 9.17) is 4.74 Å². The summed E-state index contributed by atoms with van der Waals surface area (Å²) in [6.07, 6.45) is 5.86. The average Bonchev–Trinajstić information content (AvgIpc) is 3.45. The molecule has 0 amide bonds. The summed E-state index contributed by atoms with van der Waals surface area (Å²) in [5.74, 6) is 1.24. The highest BCUT2D eigenvalue weighted by atomic mass is 32.1. The fraction of sp³-hybridized carbons (Fsp3) is 0.526. The van der Waals surface area contributed by atoms with Crippen molar-refractivity contribution in [3.8, 4) is 0 Å². The molecular formula is C19H22N2O3S. The van der Waals surface area contributed by atoms with E-state index in [-0.39, 0.29) is 11.5 Å². The van der Waals surface area contributed by atoms with E-state index >= 15 is 0 Å². The lowest BCUT2D eigenvalue weighted by atomic mass is 10.1. The molecule has 1 N–H and O–H groups in total. The first kappa shape index (κ1) is 16.5. The van der Waals surface area contributed by atoms with Crippen LogP contribution in [0.25, 0.3) is 10.2 Å². The SMILES string of the molecule is Cc1sc2nc([C@H](C)OC(=O)C=C(C3CC3)C3CC3)[nH]c(=O)c2c1C. The van der Waals surface area contributed by atoms with Gasteiger partial charge in [0.25, 0.3) is 5.56 Å². The Morgan fingerprint density at radius 3 is 2.52 bits per heavy atom. The second kappa shape index (κ2) is 6.09. The smallest absolute Gasteiger partial charge is 0.331 e. The largest absolute Gasteiger partial charge is 0.451 e. The third-order valence-electron chi connectivity index (χ3n) is 5.12. The number of hydrogen-bond acceptors (Lipinski definition) is 5. The lowest BCUT2D eigenvalue weighted by Crippen LogP contribution is -2.16. The number of esters is 1. The van der Waals surface area contributed by atoms with Gasteiger partial charge >= 0.3 is 5.97 Å². The average molecular weight is 358 g/mol. The molecule has 0 unspecified atom stereocenters. The molecule has 0 aliphatic heterocycles. The van der Waals surface area contributed by atoms with Crippen LogP contribution in [0.3, 0.4) is 0 Å². The van der Waals surface area contributed by atoms with E-state index in [1.807, 2.05) is 13.8 Å². The van der Waals surface area contributed by atoms with Crippen molar-refractivity contribution in [1.29, 1.82) is 0 Å². The van der Waals surface area contributed by atoms with Crippen molar-refractivity contribution in [2.45, 2.75) is 52.6 Å². The molecule has 0 bridgehead atoms. The number of nitrogens with zero attached hydrogens (tertiary/aromatic N) is 1. The van der Waals surface area contributed by atoms with Gasteiger partial charge in [0.15, 0.2) is 11.9 Å². The molecule has 4 rings (SSSR count). The van der Waals surface area contributed by atoms with E-state index in [2.05, 4.69) is 9.97 Å². The Morgan fingerprint density at radius 2 is 1.92 bits per heavy atom. The van der Waals surface area contributed by atoms with Gasteiger partial charge in [0, 0.05) is 11.0 Å². The van der Waals surface area contributed by atoms with Crippen LogP contribution in [0.2, 0.25) is 0 Å². The van der Waals surface area contributed by atoms with Crippen molar-refractivity contribution in [2.75, 3.05) is 0 Å². The fourth-order valence-electron chi connectivity index (χ4n) is 3.27. The summed E-state index contributed by atoms with van der Waals surface area (Å²) in [5.41, 5.74) is 2.06. The number of carbonyl (C=O) groups excluding carboxylic acids is 1. The highest BCUT2D eigenvalue weighted by Crippen LogP contribution is 2.48. The molecule has 25 heavy (non-hydrogen) atoms. The number of ether oxygens (including phenoxy) is 1. The molecule has 1 atom stereocenters. The van der Waals surface area contributed by atoms with Crippen LogP contribution < -0.4 is 5.56 Å². The maximum Gasteiger partial charge on any atom is 0.331 e. The number of rotatable bonds is 5. The van der Waals surface area contributed by atoms with Gasteiger partial charge in [0.2, 0.25) is 0 Å². The second-order valence-corrected chi connectivity index (χ2v) is 8.39. The van der Waals surface area contributed by atoms with Crippen LogP contribution in [-0.2, 0) is 9.53 Å². The number of hydrogen-bond donors (Lipinski definition) is 1. The van der Waals surface area contributed by atoms with Crippen molar-refractivity contribution in [3.05, 3.63) is 38.3 Å². The quantitative estimate of drug-likeness (QED) is 0.649. The maximum atomic E-state index is 12.4. The summed E-state index contributed by atoms with van der Waals surface area (Å²) < 4.78 is 5.52. The van der Waals surface area contributed by atoms with Crippen LogP contribution >= 0.6 is 11.3 Å². The van der Waals surface area contributed by atoms with Crippen LogP contribution in [-0.4, -0.2) is 15.9 Å². The molecular weight excluding hydrogens is 336 g/mol. The number of aryl methyl sites for hydroxylation is 2. The topological polar surface area (TPSA) is 72.0 Å². The second-order valence-electron chi connectivity index (χ2n) is 7.19. The van der Waals surface area contributed by atoms with E-state index in [0.717, 1.165) is 10.4 Å². The zero-order valence-electron chi connectivity index (χ0n) is 14.7. The van der Waals surface area contributed by atoms with E-state index < -0.39 is 6.10 Å². The van der Waals surface area contributed by atoms with Gasteiger partial charge in [-0.15, -0.1) is 11.3 Å². The van der Waals surface area contributed by atoms with E-state index in [0.29, 0.717) is 27.9 Å². The van der Waals surface area contributed by atoms with Gasteiger partial charge in [-0.3, -0.25) is 4.79 Å². The van der Waals surface area contributed by atoms with E-state index in [9.17, 15) is 9.59 Å². The van der Waals surface area contributed by atoms with Gasteiger partial charge in [-0.2, -0.15) is 0 Å². The minimum absolute atomic E-state index is 0.169. The van der Waals surface area contributed by atoms with Gasteiger partial charge in [-0.25, -0.2) is 9.78 Å². The lowest BCUT2D eigenvalue weighted by Gasteiger charge is -2.12. The first-order valence-corrected chi connectivity index (χ1v) is 9.67. The molecule has 0 aromatic carbocycles. The van der Waals surface area contributed by atoms with Gasteiger partial charge in [0.05, 0.1) is 5.39 Å². The number of thiophene rings is 1. The Kier molecular flexibility index (Phi) is 4.02. The van der Waals surface area contributed by atoms with Crippen LogP contribution in [0.4, 0.5) is 0 Å². The summed E-state index contributed by atoms with van der Waals surface area (Å²) in [4.78, 5) is 33.7. The predicted octanol–water partition coefficient (Wildman–Crippen LogP) is 3.95. The van der Waals surface area contributed by atoms with Gasteiger partial charge < -0.3 is 9.72 Å². The first-order chi connectivity index (χ1) is 11.9. The van der Waals surface area contributed by atoms with E-state index in [1.165, 1.54) is 42.6 Å². The first-order valence-electron chi connectivity index (χ1n) is 8.86. The maximum absolute atomic E-state index is 12.4. The van der Waals surface area contributed by atoms with Gasteiger partial charge in [-0.05, 0) is 63.9 Å². The molecule has 5 nitrogen and oxygen atoms in total. The zero-order valence-corrected chi connectivity index (χ0v) is 15.5. The zero-order chi connectivity index (χ0) is 17.7. The molecule has 0 radical (unpaired) electrons. The Balaban J connectivity index is 1.55. The molecule has 2 aromatic rings. The highest BCUT2D eigenvalue weighted by Gasteiger charge is 2.37. The molecule has 2 fully saturated rings. The molecule has 132 valence electrons. The van der Waals surface area contributed by atoms with Crippen LogP contribution in [0.15, 0.2) is 16.4 Å². The molecule has 0 saturated heterocycles. The third-order valence-corrected chi connectivity index (χ3v) is 6.22. The van der Waals surface area contributed by atoms with Gasteiger partial charge in [-0.1, -0.05) is 5.57 Å². The number of aromatic amines is 1.